The Labute approximate surface area is 87.5 Å². The molecule has 0 bridgehead atoms. The second kappa shape index (κ2) is 7.20. The summed E-state index contributed by atoms with van der Waals surface area (Å²) in [7, 11) is -3.06. The number of nitrogens with one attached hydrogen (secondary N) is 2. The van der Waals surface area contributed by atoms with Crippen LogP contribution in [-0.4, -0.2) is 33.3 Å². The van der Waals surface area contributed by atoms with Crippen LogP contribution in [0.5, 0.6) is 0 Å². The van der Waals surface area contributed by atoms with Crippen molar-refractivity contribution in [1.82, 2.24) is 10.0 Å². The van der Waals surface area contributed by atoms with Gasteiger partial charge in [0.2, 0.25) is 10.0 Å². The summed E-state index contributed by atoms with van der Waals surface area (Å²) in [5, 5.41) is 3.10. The van der Waals surface area contributed by atoms with Gasteiger partial charge in [-0.2, -0.15) is 0 Å². The average Bonchev–Trinajstić information content (AvgIpc) is 2.12. The molecule has 4 nitrogen and oxygen atoms in total. The molecule has 0 fully saturated rings. The summed E-state index contributed by atoms with van der Waals surface area (Å²) in [6.07, 6.45) is 1.49. The highest BCUT2D eigenvalue weighted by molar-refractivity contribution is 7.89. The molecule has 0 aromatic heterocycles. The van der Waals surface area contributed by atoms with Gasteiger partial charge in [-0.1, -0.05) is 13.8 Å². The first-order valence-electron chi connectivity index (χ1n) is 5.22. The number of rotatable bonds is 8. The average molecular weight is 222 g/mol. The van der Waals surface area contributed by atoms with Crippen LogP contribution in [0, 0.1) is 0 Å². The molecule has 0 aliphatic rings. The maximum absolute atomic E-state index is 11.4. The Hall–Kier alpha value is -0.130. The molecule has 1 unspecified atom stereocenters. The third kappa shape index (κ3) is 7.29. The van der Waals surface area contributed by atoms with E-state index in [1.54, 1.807) is 0 Å². The number of hydrogen-bond donors (Lipinski definition) is 2. The Morgan fingerprint density at radius 1 is 1.29 bits per heavy atom. The van der Waals surface area contributed by atoms with E-state index >= 15 is 0 Å². The summed E-state index contributed by atoms with van der Waals surface area (Å²) in [6, 6.07) is 0.0409. The topological polar surface area (TPSA) is 58.2 Å². The summed E-state index contributed by atoms with van der Waals surface area (Å²) in [5.74, 6) is 0.213. The van der Waals surface area contributed by atoms with Crippen LogP contribution < -0.4 is 10.0 Å². The van der Waals surface area contributed by atoms with Crippen LogP contribution in [0.3, 0.4) is 0 Å². The molecule has 0 amide bonds. The van der Waals surface area contributed by atoms with Crippen LogP contribution in [-0.2, 0) is 10.0 Å². The second-order valence-electron chi connectivity index (χ2n) is 3.45. The minimum Gasteiger partial charge on any atom is -0.317 e. The van der Waals surface area contributed by atoms with E-state index in [-0.39, 0.29) is 11.8 Å². The van der Waals surface area contributed by atoms with Crippen molar-refractivity contribution in [3.05, 3.63) is 0 Å². The number of hydrogen-bond acceptors (Lipinski definition) is 3. The molecule has 0 rings (SSSR count). The van der Waals surface area contributed by atoms with Crippen LogP contribution in [0.25, 0.3) is 0 Å². The quantitative estimate of drug-likeness (QED) is 0.595. The zero-order valence-corrected chi connectivity index (χ0v) is 10.2. The monoisotopic (exact) mass is 222 g/mol. The molecule has 0 aliphatic heterocycles. The Morgan fingerprint density at radius 3 is 2.43 bits per heavy atom. The van der Waals surface area contributed by atoms with Crippen molar-refractivity contribution in [2.24, 2.45) is 0 Å². The minimum absolute atomic E-state index is 0.0409. The lowest BCUT2D eigenvalue weighted by Crippen LogP contribution is -2.34. The Bertz CT molecular complexity index is 227. The van der Waals surface area contributed by atoms with Gasteiger partial charge < -0.3 is 5.32 Å². The van der Waals surface area contributed by atoms with Crippen LogP contribution in [0.4, 0.5) is 0 Å². The van der Waals surface area contributed by atoms with Crippen LogP contribution >= 0.6 is 0 Å². The zero-order chi connectivity index (χ0) is 11.0. The normalized spacial score (nSPS) is 14.2. The van der Waals surface area contributed by atoms with Gasteiger partial charge in [0.05, 0.1) is 5.75 Å². The minimum atomic E-state index is -3.06. The fraction of sp³-hybridized carbons (Fsp3) is 1.00. The third-order valence-corrected chi connectivity index (χ3v) is 3.60. The van der Waals surface area contributed by atoms with E-state index in [9.17, 15) is 8.42 Å². The van der Waals surface area contributed by atoms with Gasteiger partial charge in [0.15, 0.2) is 0 Å². The van der Waals surface area contributed by atoms with E-state index < -0.39 is 10.0 Å². The molecule has 0 aromatic carbocycles. The summed E-state index contributed by atoms with van der Waals surface area (Å²) < 4.78 is 25.5. The molecule has 0 aromatic rings. The number of sulfonamides is 1. The first-order valence-corrected chi connectivity index (χ1v) is 6.87. The van der Waals surface area contributed by atoms with Crippen LogP contribution in [0.2, 0.25) is 0 Å². The van der Waals surface area contributed by atoms with Crippen molar-refractivity contribution in [2.75, 3.05) is 18.8 Å². The molecule has 0 heterocycles. The largest absolute Gasteiger partial charge is 0.317 e. The molecule has 0 radical (unpaired) electrons. The van der Waals surface area contributed by atoms with Gasteiger partial charge in [0.1, 0.15) is 0 Å². The van der Waals surface area contributed by atoms with E-state index in [0.717, 1.165) is 19.5 Å². The second-order valence-corrected chi connectivity index (χ2v) is 5.33. The van der Waals surface area contributed by atoms with E-state index in [4.69, 9.17) is 0 Å². The van der Waals surface area contributed by atoms with Crippen molar-refractivity contribution < 1.29 is 8.42 Å². The van der Waals surface area contributed by atoms with E-state index in [1.165, 1.54) is 0 Å². The van der Waals surface area contributed by atoms with Crippen molar-refractivity contribution in [3.8, 4) is 0 Å². The smallest absolute Gasteiger partial charge is 0.211 e. The Kier molecular flexibility index (Phi) is 7.13. The first kappa shape index (κ1) is 13.9. The highest BCUT2D eigenvalue weighted by Crippen LogP contribution is 1.95. The Morgan fingerprint density at radius 2 is 1.93 bits per heavy atom. The molecule has 0 saturated carbocycles. The highest BCUT2D eigenvalue weighted by atomic mass is 32.2. The molecule has 0 spiro atoms. The fourth-order valence-electron chi connectivity index (χ4n) is 1.01. The molecule has 14 heavy (non-hydrogen) atoms. The van der Waals surface area contributed by atoms with Crippen LogP contribution in [0.15, 0.2) is 0 Å². The summed E-state index contributed by atoms with van der Waals surface area (Å²) in [6.45, 7) is 7.50. The van der Waals surface area contributed by atoms with Gasteiger partial charge >= 0.3 is 0 Å². The molecule has 1 atom stereocenters. The van der Waals surface area contributed by atoms with Crippen molar-refractivity contribution >= 4 is 10.0 Å². The van der Waals surface area contributed by atoms with Gasteiger partial charge in [0, 0.05) is 6.04 Å². The maximum Gasteiger partial charge on any atom is 0.211 e. The maximum atomic E-state index is 11.4. The van der Waals surface area contributed by atoms with Crippen molar-refractivity contribution in [2.45, 2.75) is 39.7 Å². The lowest BCUT2D eigenvalue weighted by atomic mass is 10.3. The summed E-state index contributed by atoms with van der Waals surface area (Å²) in [5.41, 5.74) is 0. The Balaban J connectivity index is 3.73. The standard InChI is InChI=1S/C9H22N2O2S/c1-4-9(3)11-14(12,13)8-6-7-10-5-2/h9-11H,4-8H2,1-3H3. The van der Waals surface area contributed by atoms with E-state index in [1.807, 2.05) is 20.8 Å². The predicted molar refractivity (Wildman–Crippen MR) is 59.8 cm³/mol. The molecular weight excluding hydrogens is 200 g/mol. The first-order chi connectivity index (χ1) is 6.52. The predicted octanol–water partition coefficient (Wildman–Crippen LogP) is 0.704. The van der Waals surface area contributed by atoms with Gasteiger partial charge in [-0.15, -0.1) is 0 Å². The lowest BCUT2D eigenvalue weighted by Gasteiger charge is -2.11. The van der Waals surface area contributed by atoms with Gasteiger partial charge in [-0.3, -0.25) is 0 Å². The molecule has 0 aliphatic carbocycles. The molecule has 0 saturated heterocycles. The summed E-state index contributed by atoms with van der Waals surface area (Å²) in [4.78, 5) is 0. The molecule has 5 heteroatoms. The summed E-state index contributed by atoms with van der Waals surface area (Å²) >= 11 is 0. The van der Waals surface area contributed by atoms with Gasteiger partial charge in [0.25, 0.3) is 0 Å². The fourth-order valence-corrected chi connectivity index (χ4v) is 2.43. The van der Waals surface area contributed by atoms with Crippen molar-refractivity contribution in [1.29, 1.82) is 0 Å². The van der Waals surface area contributed by atoms with Gasteiger partial charge in [-0.05, 0) is 32.9 Å². The third-order valence-electron chi connectivity index (χ3n) is 2.01. The zero-order valence-electron chi connectivity index (χ0n) is 9.34. The van der Waals surface area contributed by atoms with Crippen molar-refractivity contribution in [3.63, 3.8) is 0 Å². The lowest BCUT2D eigenvalue weighted by molar-refractivity contribution is 0.551. The molecule has 86 valence electrons. The van der Waals surface area contributed by atoms with Crippen LogP contribution in [0.1, 0.15) is 33.6 Å². The SMILES string of the molecule is CCNCCCS(=O)(=O)NC(C)CC. The highest BCUT2D eigenvalue weighted by Gasteiger charge is 2.12. The van der Waals surface area contributed by atoms with E-state index in [0.29, 0.717) is 6.42 Å². The molecular formula is C9H22N2O2S. The molecule has 2 N–H and O–H groups in total. The van der Waals surface area contributed by atoms with Gasteiger partial charge in [-0.25, -0.2) is 13.1 Å². The van der Waals surface area contributed by atoms with E-state index in [2.05, 4.69) is 10.0 Å².